The summed E-state index contributed by atoms with van der Waals surface area (Å²) in [7, 11) is -10.5. The van der Waals surface area contributed by atoms with Crippen LogP contribution in [0.25, 0.3) is 0 Å². The minimum Gasteiger partial charge on any atom is -0.493 e. The van der Waals surface area contributed by atoms with Crippen molar-refractivity contribution in [1.29, 1.82) is 0 Å². The van der Waals surface area contributed by atoms with Crippen molar-refractivity contribution >= 4 is 20.4 Å². The Morgan fingerprint density at radius 1 is 0.510 bits per heavy atom. The lowest BCUT2D eigenvalue weighted by molar-refractivity contribution is -0.0496. The van der Waals surface area contributed by atoms with Crippen molar-refractivity contribution in [1.82, 2.24) is 0 Å². The zero-order valence-electron chi connectivity index (χ0n) is 30.3. The summed E-state index contributed by atoms with van der Waals surface area (Å²) in [5.74, 6) is 0.769. The Morgan fingerprint density at radius 2 is 0.824 bits per heavy atom. The summed E-state index contributed by atoms with van der Waals surface area (Å²) in [5.41, 5.74) is -5.81. The van der Waals surface area contributed by atoms with E-state index in [1.54, 1.807) is 18.2 Å². The van der Waals surface area contributed by atoms with Crippen molar-refractivity contribution in [3.05, 3.63) is 54.6 Å². The van der Waals surface area contributed by atoms with Gasteiger partial charge in [-0.25, -0.2) is 0 Å². The fraction of sp³-hybridized carbons (Fsp3) is 0.514. The maximum absolute atomic E-state index is 14.7. The molecule has 0 aliphatic carbocycles. The zero-order valence-corrected chi connectivity index (χ0v) is 31.9. The maximum atomic E-state index is 14.7. The van der Waals surface area contributed by atoms with Gasteiger partial charge in [-0.2, -0.15) is 25.2 Å². The largest absolute Gasteiger partial charge is 0.524 e. The van der Waals surface area contributed by atoms with Gasteiger partial charge in [0, 0.05) is 29.2 Å². The van der Waals surface area contributed by atoms with E-state index in [1.165, 1.54) is 36.4 Å². The molecule has 0 unspecified atom stereocenters. The SMILES string of the molecule is CCCOc1cc(OCCC)c(S(OS(=O)(=O)C(F)(F)F)(c2ccccc2)c2c(OCCC)cc(OCCC)cc2OCCC)c(OCCC)c1. The van der Waals surface area contributed by atoms with Gasteiger partial charge in [-0.15, -0.1) is 0 Å². The zero-order chi connectivity index (χ0) is 37.5. The van der Waals surface area contributed by atoms with Gasteiger partial charge in [-0.1, -0.05) is 59.7 Å². The Morgan fingerprint density at radius 3 is 1.12 bits per heavy atom. The van der Waals surface area contributed by atoms with Crippen molar-refractivity contribution < 1.29 is 53.6 Å². The third-order valence-electron chi connectivity index (χ3n) is 6.91. The number of benzene rings is 3. The molecule has 0 aliphatic rings. The maximum Gasteiger partial charge on any atom is 0.524 e. The molecule has 0 atom stereocenters. The lowest BCUT2D eigenvalue weighted by Gasteiger charge is -2.42. The molecule has 0 N–H and O–H groups in total. The summed E-state index contributed by atoms with van der Waals surface area (Å²) in [4.78, 5) is -0.0259. The number of hydrogen-bond donors (Lipinski definition) is 0. The smallest absolute Gasteiger partial charge is 0.493 e. The molecule has 0 fully saturated rings. The van der Waals surface area contributed by atoms with E-state index >= 15 is 0 Å². The minimum atomic E-state index is -6.35. The van der Waals surface area contributed by atoms with Crippen LogP contribution in [0, 0.1) is 0 Å². The average Bonchev–Trinajstić information content (AvgIpc) is 3.11. The van der Waals surface area contributed by atoms with Gasteiger partial charge in [0.15, 0.2) is 0 Å². The fourth-order valence-corrected chi connectivity index (χ4v) is 9.85. The highest BCUT2D eigenvalue weighted by Gasteiger charge is 2.55. The Hall–Kier alpha value is -3.49. The van der Waals surface area contributed by atoms with Gasteiger partial charge < -0.3 is 28.4 Å². The summed E-state index contributed by atoms with van der Waals surface area (Å²) < 4.78 is 114. The van der Waals surface area contributed by atoms with Crippen LogP contribution in [-0.4, -0.2) is 53.6 Å². The van der Waals surface area contributed by atoms with E-state index in [2.05, 4.69) is 0 Å². The molecule has 51 heavy (non-hydrogen) atoms. The van der Waals surface area contributed by atoms with Crippen LogP contribution in [-0.2, 0) is 13.7 Å². The normalized spacial score (nSPS) is 12.3. The minimum absolute atomic E-state index is 0.0296. The van der Waals surface area contributed by atoms with Crippen molar-refractivity contribution in [2.45, 2.75) is 100 Å². The number of hydrogen-bond acceptors (Lipinski definition) is 9. The van der Waals surface area contributed by atoms with Crippen molar-refractivity contribution in [2.24, 2.45) is 0 Å². The van der Waals surface area contributed by atoms with Crippen LogP contribution in [0.5, 0.6) is 34.5 Å². The van der Waals surface area contributed by atoms with Gasteiger partial charge in [0.05, 0.1) is 39.6 Å². The summed E-state index contributed by atoms with van der Waals surface area (Å²) in [6.07, 6.45) is 3.45. The van der Waals surface area contributed by atoms with Gasteiger partial charge in [-0.05, 0) is 61.0 Å². The summed E-state index contributed by atoms with van der Waals surface area (Å²) in [6.45, 7) is 12.6. The van der Waals surface area contributed by atoms with Crippen LogP contribution in [0.2, 0.25) is 0 Å². The fourth-order valence-electron chi connectivity index (χ4n) is 4.79. The van der Waals surface area contributed by atoms with Gasteiger partial charge in [-0.3, -0.25) is 0 Å². The number of alkyl halides is 3. The molecule has 0 saturated heterocycles. The topological polar surface area (TPSA) is 98.8 Å². The lowest BCUT2D eigenvalue weighted by atomic mass is 10.3. The Labute approximate surface area is 302 Å². The molecule has 9 nitrogen and oxygen atoms in total. The van der Waals surface area contributed by atoms with Crippen molar-refractivity contribution in [3.63, 3.8) is 0 Å². The molecule has 0 bridgehead atoms. The van der Waals surface area contributed by atoms with Gasteiger partial charge in [0.25, 0.3) is 0 Å². The molecule has 0 amide bonds. The Bertz CT molecular complexity index is 1480. The number of halogens is 3. The van der Waals surface area contributed by atoms with Crippen LogP contribution in [0.1, 0.15) is 80.1 Å². The van der Waals surface area contributed by atoms with E-state index in [9.17, 15) is 21.6 Å². The summed E-state index contributed by atoms with van der Waals surface area (Å²) in [5, 5.41) is 0. The molecule has 3 aromatic rings. The molecular formula is C37H51F3O9S2. The van der Waals surface area contributed by atoms with Gasteiger partial charge in [0.2, 0.25) is 0 Å². The molecule has 0 radical (unpaired) electrons. The molecule has 286 valence electrons. The number of ether oxygens (including phenoxy) is 6. The van der Waals surface area contributed by atoms with Crippen LogP contribution in [0.15, 0.2) is 69.3 Å². The van der Waals surface area contributed by atoms with Gasteiger partial charge in [0.1, 0.15) is 44.3 Å². The monoisotopic (exact) mass is 760 g/mol. The van der Waals surface area contributed by atoms with E-state index in [1.807, 2.05) is 41.5 Å². The van der Waals surface area contributed by atoms with E-state index in [4.69, 9.17) is 32.1 Å². The molecule has 0 saturated carbocycles. The molecule has 3 rings (SSSR count). The quantitative estimate of drug-likeness (QED) is 0.0875. The van der Waals surface area contributed by atoms with E-state index in [-0.39, 0.29) is 64.1 Å². The van der Waals surface area contributed by atoms with Crippen LogP contribution in [0.4, 0.5) is 13.2 Å². The molecule has 0 heterocycles. The first-order chi connectivity index (χ1) is 24.4. The molecule has 0 aromatic heterocycles. The number of rotatable bonds is 23. The molecule has 0 spiro atoms. The lowest BCUT2D eigenvalue weighted by Crippen LogP contribution is -2.28. The van der Waals surface area contributed by atoms with Gasteiger partial charge >= 0.3 is 15.6 Å². The molecular weight excluding hydrogens is 710 g/mol. The molecule has 14 heteroatoms. The van der Waals surface area contributed by atoms with E-state index < -0.39 is 25.9 Å². The third kappa shape index (κ3) is 10.5. The van der Waals surface area contributed by atoms with Crippen LogP contribution in [0.3, 0.4) is 0 Å². The second kappa shape index (κ2) is 19.9. The Balaban J connectivity index is 2.76. The second-order valence-corrected chi connectivity index (χ2v) is 15.7. The highest BCUT2D eigenvalue weighted by atomic mass is 32.3. The first-order valence-electron chi connectivity index (χ1n) is 17.5. The molecule has 3 aromatic carbocycles. The standard InChI is InChI=1S/C37H51F3O9S2/c1-7-18-43-28-24-31(45-20-9-3)35(32(25-28)46-21-10-4)50(30-16-14-13-15-17-30,49-51(41,42)37(38,39)40)36-33(47-22-11-5)26-29(44-19-8-2)27-34(36)48-23-12-6/h13-17,24-27H,7-12,18-23H2,1-6H3. The average molecular weight is 761 g/mol. The van der Waals surface area contributed by atoms with Crippen LogP contribution < -0.4 is 28.4 Å². The van der Waals surface area contributed by atoms with Crippen molar-refractivity contribution in [2.75, 3.05) is 39.6 Å². The summed E-state index contributed by atoms with van der Waals surface area (Å²) >= 11 is 0. The van der Waals surface area contributed by atoms with E-state index in [0.717, 1.165) is 0 Å². The summed E-state index contributed by atoms with van der Waals surface area (Å²) in [6, 6.07) is 14.0. The van der Waals surface area contributed by atoms with Crippen molar-refractivity contribution in [3.8, 4) is 34.5 Å². The first kappa shape index (κ1) is 41.9. The first-order valence-corrected chi connectivity index (χ1v) is 20.4. The third-order valence-corrected chi connectivity index (χ3v) is 11.9. The predicted molar refractivity (Wildman–Crippen MR) is 192 cm³/mol. The highest BCUT2D eigenvalue weighted by Crippen LogP contribution is 2.78. The van der Waals surface area contributed by atoms with Crippen LogP contribution >= 0.6 is 10.3 Å². The molecule has 0 aliphatic heterocycles. The second-order valence-electron chi connectivity index (χ2n) is 11.4. The predicted octanol–water partition coefficient (Wildman–Crippen LogP) is 10.5. The highest BCUT2D eigenvalue weighted by molar-refractivity contribution is 8.33. The van der Waals surface area contributed by atoms with E-state index in [0.29, 0.717) is 63.2 Å². The Kier molecular flexibility index (Phi) is 16.4.